The zero-order valence-corrected chi connectivity index (χ0v) is 16.0. The van der Waals surface area contributed by atoms with E-state index in [4.69, 9.17) is 21.5 Å². The van der Waals surface area contributed by atoms with Crippen LogP contribution in [-0.4, -0.2) is 36.1 Å². The molecule has 0 spiro atoms. The third-order valence-corrected chi connectivity index (χ3v) is 4.85. The molecule has 10 nitrogen and oxygen atoms in total. The summed E-state index contributed by atoms with van der Waals surface area (Å²) in [5.74, 6) is 0.0661. The van der Waals surface area contributed by atoms with Crippen molar-refractivity contribution in [2.24, 2.45) is 0 Å². The van der Waals surface area contributed by atoms with Crippen molar-refractivity contribution in [3.05, 3.63) is 58.1 Å². The first-order valence-corrected chi connectivity index (χ1v) is 9.46. The summed E-state index contributed by atoms with van der Waals surface area (Å²) in [5, 5.41) is 24.4. The molecule has 2 rings (SSSR count). The number of hydrogen-bond donors (Lipinski definition) is 3. The molecule has 148 valence electrons. The summed E-state index contributed by atoms with van der Waals surface area (Å²) in [6.45, 7) is 1.56. The number of aryl methyl sites for hydroxylation is 1. The Labute approximate surface area is 165 Å². The lowest BCUT2D eigenvalue weighted by Gasteiger charge is -2.11. The highest BCUT2D eigenvalue weighted by molar-refractivity contribution is 7.87. The van der Waals surface area contributed by atoms with Crippen LogP contribution in [0.25, 0.3) is 0 Å². The van der Waals surface area contributed by atoms with E-state index in [1.54, 1.807) is 12.1 Å². The Morgan fingerprint density at radius 2 is 1.89 bits per heavy atom. The van der Waals surface area contributed by atoms with Gasteiger partial charge in [-0.05, 0) is 31.2 Å². The molecule has 0 atom stereocenters. The molecule has 2 aromatic rings. The van der Waals surface area contributed by atoms with Gasteiger partial charge in [-0.15, -0.1) is 0 Å². The molecule has 28 heavy (non-hydrogen) atoms. The molecule has 0 radical (unpaired) electrons. The van der Waals surface area contributed by atoms with E-state index in [9.17, 15) is 23.3 Å². The number of benzene rings is 2. The maximum Gasteiger partial charge on any atom is 0.405 e. The van der Waals surface area contributed by atoms with E-state index in [2.05, 4.69) is 5.32 Å². The minimum Gasteiger partial charge on any atom is -0.465 e. The van der Waals surface area contributed by atoms with E-state index < -0.39 is 31.7 Å². The van der Waals surface area contributed by atoms with Crippen molar-refractivity contribution in [3.63, 3.8) is 0 Å². The Bertz CT molecular complexity index is 1020. The molecule has 0 aliphatic rings. The number of nitrogens with one attached hydrogen (secondary N) is 2. The third-order valence-electron chi connectivity index (χ3n) is 3.36. The van der Waals surface area contributed by atoms with Crippen molar-refractivity contribution in [1.29, 1.82) is 0 Å². The lowest BCUT2D eigenvalue weighted by molar-refractivity contribution is -0.384. The van der Waals surface area contributed by atoms with E-state index >= 15 is 0 Å². The molecule has 0 heterocycles. The van der Waals surface area contributed by atoms with Crippen LogP contribution in [0.1, 0.15) is 5.56 Å². The van der Waals surface area contributed by atoms with Crippen molar-refractivity contribution < 1.29 is 27.4 Å². The maximum absolute atomic E-state index is 12.4. The van der Waals surface area contributed by atoms with Crippen LogP contribution in [0.4, 0.5) is 16.2 Å². The lowest BCUT2D eigenvalue weighted by Crippen LogP contribution is -2.30. The number of thiocarbonyl (C=S) groups is 1. The molecule has 0 aliphatic heterocycles. The minimum atomic E-state index is -4.30. The number of nitro groups is 1. The van der Waals surface area contributed by atoms with Gasteiger partial charge >= 0.3 is 16.2 Å². The molecule has 1 amide bonds. The Hall–Kier alpha value is -3.25. The first kappa shape index (κ1) is 21.1. The first-order chi connectivity index (χ1) is 13.1. The monoisotopic (exact) mass is 425 g/mol. The topological polar surface area (TPSA) is 148 Å². The summed E-state index contributed by atoms with van der Waals surface area (Å²) in [4.78, 5) is 20.6. The van der Waals surface area contributed by atoms with E-state index in [1.807, 2.05) is 12.2 Å². The van der Waals surface area contributed by atoms with Crippen molar-refractivity contribution in [1.82, 2.24) is 5.32 Å². The predicted octanol–water partition coefficient (Wildman–Crippen LogP) is 2.68. The summed E-state index contributed by atoms with van der Waals surface area (Å²) in [6.07, 6.45) is -1.31. The molecule has 0 bridgehead atoms. The molecule has 2 aromatic carbocycles. The predicted molar refractivity (Wildman–Crippen MR) is 104 cm³/mol. The molecular weight excluding hydrogens is 410 g/mol. The zero-order valence-electron chi connectivity index (χ0n) is 14.4. The van der Waals surface area contributed by atoms with Gasteiger partial charge in [0, 0.05) is 6.07 Å². The second-order valence-electron chi connectivity index (χ2n) is 5.49. The van der Waals surface area contributed by atoms with Gasteiger partial charge < -0.3 is 19.9 Å². The highest BCUT2D eigenvalue weighted by atomic mass is 32.2. The summed E-state index contributed by atoms with van der Waals surface area (Å²) in [7, 11) is -4.30. The van der Waals surface area contributed by atoms with Crippen molar-refractivity contribution >= 4 is 44.8 Å². The van der Waals surface area contributed by atoms with Crippen LogP contribution >= 0.6 is 12.2 Å². The van der Waals surface area contributed by atoms with Gasteiger partial charge in [-0.3, -0.25) is 10.1 Å². The van der Waals surface area contributed by atoms with E-state index in [0.717, 1.165) is 23.8 Å². The van der Waals surface area contributed by atoms with Gasteiger partial charge in [-0.1, -0.05) is 29.9 Å². The van der Waals surface area contributed by atoms with Gasteiger partial charge in [-0.2, -0.15) is 8.42 Å². The normalized spacial score (nSPS) is 10.8. The highest BCUT2D eigenvalue weighted by Crippen LogP contribution is 2.29. The number of amides is 1. The molecule has 0 unspecified atom stereocenters. The summed E-state index contributed by atoms with van der Waals surface area (Å²) in [6, 6.07) is 9.34. The quantitative estimate of drug-likeness (QED) is 0.263. The fourth-order valence-corrected chi connectivity index (χ4v) is 3.18. The second-order valence-corrected chi connectivity index (χ2v) is 7.53. The standard InChI is InChI=1S/C16H15N3O7S2/c1-10-2-4-11(5-3-10)26-28(24,25)12-6-7-13(14(8-12)19(22)23)18-15(27)9-17-16(20)21/h2-8,17H,9H2,1H3,(H,18,27)(H,20,21). The third kappa shape index (κ3) is 5.62. The number of nitro benzene ring substituents is 1. The van der Waals surface area contributed by atoms with Gasteiger partial charge in [0.2, 0.25) is 0 Å². The Morgan fingerprint density at radius 3 is 2.46 bits per heavy atom. The van der Waals surface area contributed by atoms with Crippen LogP contribution in [0.15, 0.2) is 47.4 Å². The van der Waals surface area contributed by atoms with Gasteiger partial charge in [0.1, 0.15) is 16.3 Å². The van der Waals surface area contributed by atoms with Crippen molar-refractivity contribution in [2.75, 3.05) is 11.9 Å². The molecule has 0 saturated carbocycles. The molecule has 3 N–H and O–H groups in total. The number of anilines is 1. The van der Waals surface area contributed by atoms with E-state index in [0.29, 0.717) is 0 Å². The summed E-state index contributed by atoms with van der Waals surface area (Å²) >= 11 is 4.90. The maximum atomic E-state index is 12.4. The fraction of sp³-hybridized carbons (Fsp3) is 0.125. The minimum absolute atomic E-state index is 0.0305. The Balaban J connectivity index is 2.27. The summed E-state index contributed by atoms with van der Waals surface area (Å²) in [5.41, 5.74) is 0.256. The summed E-state index contributed by atoms with van der Waals surface area (Å²) < 4.78 is 29.8. The molecule has 0 aliphatic carbocycles. The number of carbonyl (C=O) groups is 1. The van der Waals surface area contributed by atoms with Crippen LogP contribution in [0.5, 0.6) is 5.75 Å². The first-order valence-electron chi connectivity index (χ1n) is 7.65. The largest absolute Gasteiger partial charge is 0.465 e. The number of carboxylic acid groups (broad SMARTS) is 1. The second kappa shape index (κ2) is 8.63. The molecule has 12 heteroatoms. The zero-order chi connectivity index (χ0) is 20.9. The van der Waals surface area contributed by atoms with Gasteiger partial charge in [0.15, 0.2) is 0 Å². The smallest absolute Gasteiger partial charge is 0.405 e. The number of nitrogens with zero attached hydrogens (tertiary/aromatic N) is 1. The molecule has 0 fully saturated rings. The van der Waals surface area contributed by atoms with E-state index in [1.165, 1.54) is 12.1 Å². The van der Waals surface area contributed by atoms with Crippen LogP contribution in [-0.2, 0) is 10.1 Å². The average molecular weight is 425 g/mol. The van der Waals surface area contributed by atoms with Crippen LogP contribution in [0.3, 0.4) is 0 Å². The number of rotatable bonds is 7. The molecule has 0 saturated heterocycles. The van der Waals surface area contributed by atoms with Crippen molar-refractivity contribution in [2.45, 2.75) is 11.8 Å². The fourth-order valence-electron chi connectivity index (χ4n) is 2.04. The van der Waals surface area contributed by atoms with Crippen LogP contribution in [0.2, 0.25) is 0 Å². The SMILES string of the molecule is Cc1ccc(OS(=O)(=O)c2ccc(NC(=S)CNC(=O)O)c([N+](=O)[O-])c2)cc1. The Morgan fingerprint density at radius 1 is 1.25 bits per heavy atom. The number of hydrogen-bond acceptors (Lipinski definition) is 7. The van der Waals surface area contributed by atoms with Crippen LogP contribution < -0.4 is 14.8 Å². The lowest BCUT2D eigenvalue weighted by atomic mass is 10.2. The molecule has 0 aromatic heterocycles. The van der Waals surface area contributed by atoms with Crippen LogP contribution in [0, 0.1) is 17.0 Å². The Kier molecular flexibility index (Phi) is 6.49. The van der Waals surface area contributed by atoms with Gasteiger partial charge in [0.05, 0.1) is 16.5 Å². The van der Waals surface area contributed by atoms with E-state index in [-0.39, 0.29) is 23.0 Å². The molecular formula is C16H15N3O7S2. The average Bonchev–Trinajstić information content (AvgIpc) is 2.61. The van der Waals surface area contributed by atoms with Gasteiger partial charge in [-0.25, -0.2) is 4.79 Å². The van der Waals surface area contributed by atoms with Crippen molar-refractivity contribution in [3.8, 4) is 5.75 Å². The highest BCUT2D eigenvalue weighted by Gasteiger charge is 2.23. The van der Waals surface area contributed by atoms with Gasteiger partial charge in [0.25, 0.3) is 5.69 Å².